The van der Waals surface area contributed by atoms with Gasteiger partial charge in [-0.15, -0.1) is 0 Å². The van der Waals surface area contributed by atoms with Gasteiger partial charge in [-0.3, -0.25) is 0 Å². The summed E-state index contributed by atoms with van der Waals surface area (Å²) in [4.78, 5) is 2.27. The molecule has 0 bridgehead atoms. The number of nitrogens with zero attached hydrogens (tertiary/aromatic N) is 1. The van der Waals surface area contributed by atoms with E-state index in [0.717, 1.165) is 35.0 Å². The van der Waals surface area contributed by atoms with E-state index in [1.165, 1.54) is 62.9 Å². The molecule has 1 aliphatic heterocycles. The van der Waals surface area contributed by atoms with Crippen LogP contribution in [-0.2, 0) is 11.8 Å². The van der Waals surface area contributed by atoms with Gasteiger partial charge in [-0.05, 0) is 111 Å². The van der Waals surface area contributed by atoms with E-state index in [0.29, 0.717) is 11.5 Å². The number of hydrogen-bond donors (Lipinski definition) is 0. The number of aryl methyl sites for hydroxylation is 1. The largest absolute Gasteiger partial charge is 0.449 e. The summed E-state index contributed by atoms with van der Waals surface area (Å²) in [5.74, 6) is 2.86. The molecule has 3 nitrogen and oxygen atoms in total. The highest BCUT2D eigenvalue weighted by Crippen LogP contribution is 2.65. The van der Waals surface area contributed by atoms with Gasteiger partial charge in [0.2, 0.25) is 0 Å². The Morgan fingerprint density at radius 1 is 0.480 bits per heavy atom. The summed E-state index contributed by atoms with van der Waals surface area (Å²) in [6.45, 7) is 2.24. The fraction of sp³-hybridized carbons (Fsp3) is 0.106. The molecule has 7 aromatic rings. The van der Waals surface area contributed by atoms with Crippen molar-refractivity contribution in [2.24, 2.45) is 0 Å². The van der Waals surface area contributed by atoms with Crippen molar-refractivity contribution in [3.8, 4) is 45.3 Å². The molecule has 240 valence electrons. The van der Waals surface area contributed by atoms with Crippen LogP contribution < -0.4 is 14.4 Å². The Bertz CT molecular complexity index is 2380. The Morgan fingerprint density at radius 3 is 1.72 bits per heavy atom. The molecule has 0 saturated carbocycles. The summed E-state index contributed by atoms with van der Waals surface area (Å²) in [5, 5.41) is 0. The van der Waals surface area contributed by atoms with Gasteiger partial charge >= 0.3 is 0 Å². The minimum Gasteiger partial charge on any atom is -0.449 e. The van der Waals surface area contributed by atoms with Gasteiger partial charge in [-0.25, -0.2) is 0 Å². The van der Waals surface area contributed by atoms with Crippen molar-refractivity contribution in [3.05, 3.63) is 186 Å². The molecule has 7 aromatic carbocycles. The van der Waals surface area contributed by atoms with Gasteiger partial charge in [-0.1, -0.05) is 123 Å². The molecule has 10 rings (SSSR count). The Morgan fingerprint density at radius 2 is 1.06 bits per heavy atom. The molecule has 1 heterocycles. The SMILES string of the molecule is CCCCc1ccc(N(c2ccccc2)c2cccc3c2Oc2cc4c(cc2O3)-c2ccccc2C42c3ccccc3-c3ccccc32)cc1. The van der Waals surface area contributed by atoms with Gasteiger partial charge in [0, 0.05) is 11.4 Å². The van der Waals surface area contributed by atoms with E-state index >= 15 is 0 Å². The van der Waals surface area contributed by atoms with E-state index in [-0.39, 0.29) is 0 Å². The molecular formula is C47H35NO2. The van der Waals surface area contributed by atoms with Crippen LogP contribution in [0.25, 0.3) is 22.3 Å². The molecule has 0 atom stereocenters. The topological polar surface area (TPSA) is 21.7 Å². The van der Waals surface area contributed by atoms with Gasteiger partial charge in [0.1, 0.15) is 0 Å². The van der Waals surface area contributed by atoms with Crippen LogP contribution in [0.3, 0.4) is 0 Å². The molecule has 0 aromatic heterocycles. The van der Waals surface area contributed by atoms with Crippen molar-refractivity contribution in [1.82, 2.24) is 0 Å². The highest BCUT2D eigenvalue weighted by atomic mass is 16.6. The van der Waals surface area contributed by atoms with Crippen molar-refractivity contribution in [1.29, 1.82) is 0 Å². The van der Waals surface area contributed by atoms with Crippen molar-refractivity contribution in [2.75, 3.05) is 4.90 Å². The predicted molar refractivity (Wildman–Crippen MR) is 203 cm³/mol. The minimum absolute atomic E-state index is 0.451. The summed E-state index contributed by atoms with van der Waals surface area (Å²) in [5.41, 5.74) is 14.1. The van der Waals surface area contributed by atoms with Crippen molar-refractivity contribution >= 4 is 17.1 Å². The number of unbranched alkanes of at least 4 members (excludes halogenated alkanes) is 1. The quantitative estimate of drug-likeness (QED) is 0.180. The normalized spacial score (nSPS) is 13.6. The second kappa shape index (κ2) is 11.2. The lowest BCUT2D eigenvalue weighted by molar-refractivity contribution is 0.360. The first-order chi connectivity index (χ1) is 24.8. The van der Waals surface area contributed by atoms with Gasteiger partial charge in [-0.2, -0.15) is 0 Å². The Kier molecular flexibility index (Phi) is 6.50. The molecule has 3 heteroatoms. The summed E-state index contributed by atoms with van der Waals surface area (Å²) < 4.78 is 13.8. The van der Waals surface area contributed by atoms with Crippen molar-refractivity contribution < 1.29 is 9.47 Å². The monoisotopic (exact) mass is 645 g/mol. The van der Waals surface area contributed by atoms with Crippen LogP contribution in [0.5, 0.6) is 23.0 Å². The second-order valence-electron chi connectivity index (χ2n) is 13.5. The number of para-hydroxylation sites is 2. The first-order valence-electron chi connectivity index (χ1n) is 17.7. The molecule has 0 unspecified atom stereocenters. The summed E-state index contributed by atoms with van der Waals surface area (Å²) in [6.07, 6.45) is 3.45. The molecule has 1 spiro atoms. The number of rotatable bonds is 6. The van der Waals surface area contributed by atoms with Crippen LogP contribution in [0.2, 0.25) is 0 Å². The predicted octanol–water partition coefficient (Wildman–Crippen LogP) is 12.7. The Balaban J connectivity index is 1.14. The zero-order valence-electron chi connectivity index (χ0n) is 27.9. The molecule has 0 fully saturated rings. The average molecular weight is 646 g/mol. The maximum Gasteiger partial charge on any atom is 0.194 e. The van der Waals surface area contributed by atoms with E-state index in [2.05, 4.69) is 163 Å². The van der Waals surface area contributed by atoms with Gasteiger partial charge in [0.05, 0.1) is 11.1 Å². The van der Waals surface area contributed by atoms with Gasteiger partial charge in [0.25, 0.3) is 0 Å². The third kappa shape index (κ3) is 4.10. The summed E-state index contributed by atoms with van der Waals surface area (Å²) in [7, 11) is 0. The molecule has 50 heavy (non-hydrogen) atoms. The van der Waals surface area contributed by atoms with Crippen molar-refractivity contribution in [3.63, 3.8) is 0 Å². The maximum atomic E-state index is 7.05. The van der Waals surface area contributed by atoms with Crippen LogP contribution in [-0.4, -0.2) is 0 Å². The minimum atomic E-state index is -0.451. The zero-order chi connectivity index (χ0) is 33.2. The lowest BCUT2D eigenvalue weighted by Gasteiger charge is -2.32. The molecule has 0 radical (unpaired) electrons. The maximum absolute atomic E-state index is 7.05. The van der Waals surface area contributed by atoms with E-state index in [1.54, 1.807) is 0 Å². The number of anilines is 3. The van der Waals surface area contributed by atoms with Crippen molar-refractivity contribution in [2.45, 2.75) is 31.6 Å². The van der Waals surface area contributed by atoms with E-state index in [1.807, 2.05) is 6.07 Å². The molecule has 0 amide bonds. The number of benzene rings is 7. The van der Waals surface area contributed by atoms with Gasteiger partial charge < -0.3 is 14.4 Å². The average Bonchev–Trinajstić information content (AvgIpc) is 3.63. The standard InChI is InChI=1S/C47H35NO2/c1-2-3-14-31-25-27-33(28-26-31)48(32-15-5-4-6-16-32)42-23-13-24-43-46(42)50-45-30-41-37(29-44(45)49-43)36-19-9-12-22-40(36)47(41)38-20-10-7-17-34(38)35-18-8-11-21-39(35)47/h4-13,15-30H,2-3,14H2,1H3. The van der Waals surface area contributed by atoms with Crippen LogP contribution in [0.1, 0.15) is 47.6 Å². The third-order valence-corrected chi connectivity index (χ3v) is 10.7. The zero-order valence-corrected chi connectivity index (χ0v) is 27.9. The molecule has 0 saturated heterocycles. The summed E-state index contributed by atoms with van der Waals surface area (Å²) in [6, 6.07) is 56.7. The first kappa shape index (κ1) is 28.9. The van der Waals surface area contributed by atoms with Crippen LogP contribution in [0.15, 0.2) is 158 Å². The fourth-order valence-electron chi connectivity index (χ4n) is 8.55. The highest BCUT2D eigenvalue weighted by molar-refractivity contribution is 5.96. The van der Waals surface area contributed by atoms with Gasteiger partial charge in [0.15, 0.2) is 23.0 Å². The summed E-state index contributed by atoms with van der Waals surface area (Å²) >= 11 is 0. The van der Waals surface area contributed by atoms with Crippen LogP contribution in [0, 0.1) is 0 Å². The molecular weight excluding hydrogens is 611 g/mol. The van der Waals surface area contributed by atoms with E-state index < -0.39 is 5.41 Å². The van der Waals surface area contributed by atoms with E-state index in [9.17, 15) is 0 Å². The first-order valence-corrected chi connectivity index (χ1v) is 17.7. The third-order valence-electron chi connectivity index (χ3n) is 10.7. The van der Waals surface area contributed by atoms with Crippen LogP contribution in [0.4, 0.5) is 17.1 Å². The molecule has 3 aliphatic rings. The fourth-order valence-corrected chi connectivity index (χ4v) is 8.55. The number of ether oxygens (including phenoxy) is 2. The number of fused-ring (bicyclic) bond motifs is 12. The van der Waals surface area contributed by atoms with E-state index in [4.69, 9.17) is 9.47 Å². The smallest absolute Gasteiger partial charge is 0.194 e. The Hall–Kier alpha value is -6.06. The Labute approximate surface area is 293 Å². The highest BCUT2D eigenvalue weighted by Gasteiger charge is 2.52. The lowest BCUT2D eigenvalue weighted by Crippen LogP contribution is -2.25. The second-order valence-corrected chi connectivity index (χ2v) is 13.5. The molecule has 2 aliphatic carbocycles. The molecule has 0 N–H and O–H groups in total. The lowest BCUT2D eigenvalue weighted by atomic mass is 9.70. The number of hydrogen-bond acceptors (Lipinski definition) is 3. The van der Waals surface area contributed by atoms with Crippen LogP contribution >= 0.6 is 0 Å².